The van der Waals surface area contributed by atoms with Gasteiger partial charge in [-0.3, -0.25) is 4.99 Å². The summed E-state index contributed by atoms with van der Waals surface area (Å²) < 4.78 is 0. The minimum Gasteiger partial charge on any atom is -0.330 e. The summed E-state index contributed by atoms with van der Waals surface area (Å²) in [6, 6.07) is 0.253. The molecule has 0 aromatic heterocycles. The van der Waals surface area contributed by atoms with E-state index < -0.39 is 0 Å². The Morgan fingerprint density at radius 1 is 1.82 bits per heavy atom. The Bertz CT molecular complexity index is 138. The van der Waals surface area contributed by atoms with Crippen molar-refractivity contribution in [3.8, 4) is 0 Å². The zero-order chi connectivity index (χ0) is 8.10. The molecule has 1 heterocycles. The molecular weight excluding hydrogens is 142 g/mol. The lowest BCUT2D eigenvalue weighted by atomic mass is 10.0. The Labute approximate surface area is 66.8 Å². The van der Waals surface area contributed by atoms with Crippen LogP contribution >= 0.6 is 0 Å². The van der Waals surface area contributed by atoms with Crippen LogP contribution in [-0.4, -0.2) is 32.5 Å². The van der Waals surface area contributed by atoms with Crippen LogP contribution in [0, 0.1) is 5.92 Å². The molecule has 64 valence electrons. The van der Waals surface area contributed by atoms with Gasteiger partial charge in [0.05, 0.1) is 13.2 Å². The first-order valence-electron chi connectivity index (χ1n) is 3.87. The van der Waals surface area contributed by atoms with Gasteiger partial charge in [-0.2, -0.15) is 5.48 Å². The van der Waals surface area contributed by atoms with Crippen LogP contribution < -0.4 is 11.2 Å². The van der Waals surface area contributed by atoms with Crippen molar-refractivity contribution < 1.29 is 4.84 Å². The first-order valence-corrected chi connectivity index (χ1v) is 3.87. The molecule has 3 N–H and O–H groups in total. The molecule has 0 fully saturated rings. The van der Waals surface area contributed by atoms with E-state index in [-0.39, 0.29) is 6.04 Å². The Kier molecular flexibility index (Phi) is 3.48. The third kappa shape index (κ3) is 2.25. The number of hydrogen-bond acceptors (Lipinski definition) is 4. The van der Waals surface area contributed by atoms with Crippen molar-refractivity contribution in [3.05, 3.63) is 0 Å². The normalized spacial score (nSPS) is 29.6. The summed E-state index contributed by atoms with van der Waals surface area (Å²) in [4.78, 5) is 8.98. The molecule has 1 aliphatic heterocycles. The Morgan fingerprint density at radius 3 is 3.27 bits per heavy atom. The third-order valence-electron chi connectivity index (χ3n) is 1.91. The minimum atomic E-state index is 0.253. The zero-order valence-corrected chi connectivity index (χ0v) is 6.79. The van der Waals surface area contributed by atoms with Gasteiger partial charge in [-0.05, 0) is 13.0 Å². The van der Waals surface area contributed by atoms with Crippen LogP contribution in [0.4, 0.5) is 0 Å². The van der Waals surface area contributed by atoms with Crippen LogP contribution in [-0.2, 0) is 4.84 Å². The Morgan fingerprint density at radius 2 is 2.64 bits per heavy atom. The number of nitrogens with two attached hydrogens (primary N) is 1. The van der Waals surface area contributed by atoms with Crippen molar-refractivity contribution in [1.82, 2.24) is 5.48 Å². The van der Waals surface area contributed by atoms with Gasteiger partial charge in [0, 0.05) is 18.7 Å². The maximum absolute atomic E-state index is 5.44. The fourth-order valence-electron chi connectivity index (χ4n) is 1.29. The van der Waals surface area contributed by atoms with Crippen LogP contribution in [0.3, 0.4) is 0 Å². The van der Waals surface area contributed by atoms with Crippen LogP contribution in [0.2, 0.25) is 0 Å². The SMILES string of the molecule is CONC1C=NCC1CCN. The molecule has 0 radical (unpaired) electrons. The summed E-state index contributed by atoms with van der Waals surface area (Å²) in [5.41, 5.74) is 8.32. The van der Waals surface area contributed by atoms with Crippen LogP contribution in [0.25, 0.3) is 0 Å². The van der Waals surface area contributed by atoms with Gasteiger partial charge in [0.1, 0.15) is 0 Å². The number of aliphatic imine (C=N–C) groups is 1. The van der Waals surface area contributed by atoms with E-state index in [2.05, 4.69) is 10.5 Å². The fourth-order valence-corrected chi connectivity index (χ4v) is 1.29. The molecule has 0 aliphatic carbocycles. The average Bonchev–Trinajstić information content (AvgIpc) is 2.39. The summed E-state index contributed by atoms with van der Waals surface area (Å²) in [7, 11) is 1.62. The van der Waals surface area contributed by atoms with Gasteiger partial charge in [0.15, 0.2) is 0 Å². The summed E-state index contributed by atoms with van der Waals surface area (Å²) in [5.74, 6) is 0.514. The van der Waals surface area contributed by atoms with E-state index >= 15 is 0 Å². The molecule has 0 saturated carbocycles. The molecule has 0 saturated heterocycles. The van der Waals surface area contributed by atoms with Gasteiger partial charge in [-0.15, -0.1) is 0 Å². The van der Waals surface area contributed by atoms with Gasteiger partial charge in [-0.1, -0.05) is 0 Å². The van der Waals surface area contributed by atoms with Crippen molar-refractivity contribution >= 4 is 6.21 Å². The van der Waals surface area contributed by atoms with E-state index in [1.54, 1.807) is 7.11 Å². The molecule has 0 spiro atoms. The highest BCUT2D eigenvalue weighted by Gasteiger charge is 2.22. The van der Waals surface area contributed by atoms with Gasteiger partial charge in [0.25, 0.3) is 0 Å². The van der Waals surface area contributed by atoms with Gasteiger partial charge < -0.3 is 10.6 Å². The third-order valence-corrected chi connectivity index (χ3v) is 1.91. The fraction of sp³-hybridized carbons (Fsp3) is 0.857. The van der Waals surface area contributed by atoms with Crippen molar-refractivity contribution in [3.63, 3.8) is 0 Å². The standard InChI is InChI=1S/C7H15N3O/c1-11-10-7-5-9-4-6(7)2-3-8/h5-7,10H,2-4,8H2,1H3. The first-order chi connectivity index (χ1) is 5.38. The number of hydrogen-bond donors (Lipinski definition) is 2. The quantitative estimate of drug-likeness (QED) is 0.544. The molecule has 1 aliphatic rings. The lowest BCUT2D eigenvalue weighted by Crippen LogP contribution is -2.35. The molecule has 0 aromatic carbocycles. The maximum Gasteiger partial charge on any atom is 0.0715 e. The molecule has 4 nitrogen and oxygen atoms in total. The zero-order valence-electron chi connectivity index (χ0n) is 6.79. The first kappa shape index (κ1) is 8.64. The van der Waals surface area contributed by atoms with Crippen molar-refractivity contribution in [1.29, 1.82) is 0 Å². The second-order valence-electron chi connectivity index (χ2n) is 2.70. The van der Waals surface area contributed by atoms with E-state index in [1.807, 2.05) is 6.21 Å². The number of nitrogens with zero attached hydrogens (tertiary/aromatic N) is 1. The molecule has 0 bridgehead atoms. The van der Waals surface area contributed by atoms with Crippen molar-refractivity contribution in [2.24, 2.45) is 16.6 Å². The summed E-state index contributed by atoms with van der Waals surface area (Å²) >= 11 is 0. The molecular formula is C7H15N3O. The highest BCUT2D eigenvalue weighted by atomic mass is 16.6. The van der Waals surface area contributed by atoms with Crippen LogP contribution in [0.5, 0.6) is 0 Å². The van der Waals surface area contributed by atoms with Crippen LogP contribution in [0.1, 0.15) is 6.42 Å². The minimum absolute atomic E-state index is 0.253. The van der Waals surface area contributed by atoms with Gasteiger partial charge in [-0.25, -0.2) is 0 Å². The molecule has 0 aromatic rings. The van der Waals surface area contributed by atoms with Crippen molar-refractivity contribution in [2.75, 3.05) is 20.2 Å². The molecule has 4 heteroatoms. The lowest BCUT2D eigenvalue weighted by molar-refractivity contribution is 0.0669. The van der Waals surface area contributed by atoms with E-state index in [0.717, 1.165) is 19.5 Å². The second-order valence-corrected chi connectivity index (χ2v) is 2.70. The lowest BCUT2D eigenvalue weighted by Gasteiger charge is -2.16. The molecule has 2 unspecified atom stereocenters. The average molecular weight is 157 g/mol. The van der Waals surface area contributed by atoms with Crippen molar-refractivity contribution in [2.45, 2.75) is 12.5 Å². The smallest absolute Gasteiger partial charge is 0.0715 e. The highest BCUT2D eigenvalue weighted by molar-refractivity contribution is 5.67. The highest BCUT2D eigenvalue weighted by Crippen LogP contribution is 2.12. The number of rotatable bonds is 4. The van der Waals surface area contributed by atoms with Crippen LogP contribution in [0.15, 0.2) is 4.99 Å². The molecule has 1 rings (SSSR count). The Balaban J connectivity index is 2.30. The summed E-state index contributed by atoms with van der Waals surface area (Å²) in [6.45, 7) is 1.59. The predicted molar refractivity (Wildman–Crippen MR) is 44.5 cm³/mol. The summed E-state index contributed by atoms with van der Waals surface area (Å²) in [6.07, 6.45) is 2.89. The largest absolute Gasteiger partial charge is 0.330 e. The van der Waals surface area contributed by atoms with E-state index in [1.165, 1.54) is 0 Å². The molecule has 0 amide bonds. The number of nitrogens with one attached hydrogen (secondary N) is 1. The van der Waals surface area contributed by atoms with Gasteiger partial charge >= 0.3 is 0 Å². The monoisotopic (exact) mass is 157 g/mol. The molecule has 11 heavy (non-hydrogen) atoms. The maximum atomic E-state index is 5.44. The van der Waals surface area contributed by atoms with E-state index in [4.69, 9.17) is 10.6 Å². The molecule has 2 atom stereocenters. The second kappa shape index (κ2) is 4.43. The van der Waals surface area contributed by atoms with E-state index in [0.29, 0.717) is 5.92 Å². The topological polar surface area (TPSA) is 59.6 Å². The summed E-state index contributed by atoms with van der Waals surface area (Å²) in [5, 5.41) is 0. The Hall–Kier alpha value is -0.450. The van der Waals surface area contributed by atoms with Gasteiger partial charge in [0.2, 0.25) is 0 Å². The van der Waals surface area contributed by atoms with E-state index in [9.17, 15) is 0 Å². The number of hydroxylamine groups is 1. The predicted octanol–water partition coefficient (Wildman–Crippen LogP) is -0.445.